The molecule has 156 valence electrons. The van der Waals surface area contributed by atoms with Crippen molar-refractivity contribution in [2.45, 2.75) is 0 Å². The summed E-state index contributed by atoms with van der Waals surface area (Å²) in [5.41, 5.74) is 3.70. The van der Waals surface area contributed by atoms with Crippen LogP contribution in [0, 0.1) is 0 Å². The third-order valence-electron chi connectivity index (χ3n) is 3.84. The van der Waals surface area contributed by atoms with E-state index in [-0.39, 0.29) is 0 Å². The second-order valence-corrected chi connectivity index (χ2v) is 7.96. The van der Waals surface area contributed by atoms with Crippen LogP contribution in [0.1, 0.15) is 15.9 Å². The predicted octanol–water partition coefficient (Wildman–Crippen LogP) is 4.52. The highest BCUT2D eigenvalue weighted by Crippen LogP contribution is 2.16. The monoisotopic (exact) mass is 543 g/mol. The molecule has 2 N–H and O–H groups in total. The molecule has 0 unspecified atom stereocenters. The molecule has 3 rings (SSSR count). The summed E-state index contributed by atoms with van der Waals surface area (Å²) < 4.78 is 6.95. The number of halogens is 2. The summed E-state index contributed by atoms with van der Waals surface area (Å²) in [4.78, 5) is 35.8. The first-order valence-electron chi connectivity index (χ1n) is 8.88. The number of anilines is 1. The topological polar surface area (TPSA) is 96.9 Å². The Morgan fingerprint density at radius 1 is 0.839 bits per heavy atom. The molecule has 0 atom stereocenters. The summed E-state index contributed by atoms with van der Waals surface area (Å²) >= 11 is 6.60. The molecule has 7 nitrogen and oxygen atoms in total. The molecule has 0 aromatic heterocycles. The Labute approximate surface area is 194 Å². The van der Waals surface area contributed by atoms with Crippen molar-refractivity contribution in [2.24, 2.45) is 5.10 Å². The molecule has 0 aliphatic rings. The highest BCUT2D eigenvalue weighted by atomic mass is 79.9. The number of hydrogen-bond acceptors (Lipinski definition) is 5. The van der Waals surface area contributed by atoms with E-state index in [1.165, 1.54) is 6.21 Å². The number of amides is 2. The average molecular weight is 545 g/mol. The highest BCUT2D eigenvalue weighted by molar-refractivity contribution is 9.10. The van der Waals surface area contributed by atoms with Crippen LogP contribution in [-0.4, -0.2) is 24.0 Å². The number of hydrazone groups is 1. The van der Waals surface area contributed by atoms with Crippen LogP contribution < -0.4 is 15.5 Å². The largest absolute Gasteiger partial charge is 0.423 e. The van der Waals surface area contributed by atoms with Crippen LogP contribution in [0.4, 0.5) is 5.69 Å². The van der Waals surface area contributed by atoms with Crippen LogP contribution >= 0.6 is 31.9 Å². The Balaban J connectivity index is 1.50. The Morgan fingerprint density at radius 3 is 2.23 bits per heavy atom. The minimum atomic E-state index is -0.904. The number of nitrogens with one attached hydrogen (secondary N) is 2. The zero-order valence-corrected chi connectivity index (χ0v) is 19.0. The van der Waals surface area contributed by atoms with Crippen molar-refractivity contribution < 1.29 is 19.1 Å². The SMILES string of the molecule is O=C(N/N=C\c1ccc(OC(=O)c2cccc(Br)c2)cc1)C(=O)Nc1ccc(Br)cc1. The molecule has 0 bridgehead atoms. The summed E-state index contributed by atoms with van der Waals surface area (Å²) in [6.07, 6.45) is 1.37. The maximum absolute atomic E-state index is 12.2. The number of carbonyl (C=O) groups excluding carboxylic acids is 3. The van der Waals surface area contributed by atoms with Gasteiger partial charge in [0.05, 0.1) is 11.8 Å². The van der Waals surface area contributed by atoms with Gasteiger partial charge in [-0.2, -0.15) is 5.10 Å². The van der Waals surface area contributed by atoms with Crippen molar-refractivity contribution in [1.29, 1.82) is 0 Å². The van der Waals surface area contributed by atoms with Crippen LogP contribution in [0.3, 0.4) is 0 Å². The first kappa shape index (κ1) is 22.4. The molecule has 31 heavy (non-hydrogen) atoms. The van der Waals surface area contributed by atoms with Crippen molar-refractivity contribution in [3.05, 3.63) is 92.9 Å². The van der Waals surface area contributed by atoms with E-state index in [9.17, 15) is 14.4 Å². The molecule has 0 fully saturated rings. The molecular formula is C22H15Br2N3O4. The average Bonchev–Trinajstić information content (AvgIpc) is 2.76. The fourth-order valence-electron chi connectivity index (χ4n) is 2.34. The number of nitrogens with zero attached hydrogens (tertiary/aromatic N) is 1. The second kappa shape index (κ2) is 10.6. The van der Waals surface area contributed by atoms with Crippen LogP contribution in [0.25, 0.3) is 0 Å². The lowest BCUT2D eigenvalue weighted by Gasteiger charge is -2.05. The van der Waals surface area contributed by atoms with E-state index < -0.39 is 17.8 Å². The van der Waals surface area contributed by atoms with Crippen LogP contribution in [0.15, 0.2) is 86.8 Å². The summed E-state index contributed by atoms with van der Waals surface area (Å²) in [7, 11) is 0. The van der Waals surface area contributed by atoms with E-state index >= 15 is 0 Å². The maximum atomic E-state index is 12.2. The van der Waals surface area contributed by atoms with E-state index in [4.69, 9.17) is 4.74 Å². The van der Waals surface area contributed by atoms with Crippen LogP contribution in [0.5, 0.6) is 5.75 Å². The molecule has 0 spiro atoms. The molecule has 0 aliphatic heterocycles. The summed E-state index contributed by atoms with van der Waals surface area (Å²) in [6.45, 7) is 0. The van der Waals surface area contributed by atoms with E-state index in [0.29, 0.717) is 22.6 Å². The molecule has 2 amide bonds. The van der Waals surface area contributed by atoms with E-state index in [2.05, 4.69) is 47.7 Å². The molecule has 3 aromatic carbocycles. The third kappa shape index (κ3) is 6.87. The Morgan fingerprint density at radius 2 is 1.55 bits per heavy atom. The molecule has 0 radical (unpaired) electrons. The summed E-state index contributed by atoms with van der Waals surface area (Å²) in [5, 5.41) is 6.22. The van der Waals surface area contributed by atoms with Gasteiger partial charge in [0.2, 0.25) is 0 Å². The van der Waals surface area contributed by atoms with Gasteiger partial charge in [-0.15, -0.1) is 0 Å². The molecule has 9 heteroatoms. The minimum Gasteiger partial charge on any atom is -0.423 e. The maximum Gasteiger partial charge on any atom is 0.343 e. The number of carbonyl (C=O) groups is 3. The molecular weight excluding hydrogens is 530 g/mol. The quantitative estimate of drug-likeness (QED) is 0.162. The van der Waals surface area contributed by atoms with Crippen LogP contribution in [0.2, 0.25) is 0 Å². The predicted molar refractivity (Wildman–Crippen MR) is 124 cm³/mol. The lowest BCUT2D eigenvalue weighted by molar-refractivity contribution is -0.136. The zero-order chi connectivity index (χ0) is 22.2. The van der Waals surface area contributed by atoms with E-state index in [1.807, 2.05) is 6.07 Å². The highest BCUT2D eigenvalue weighted by Gasteiger charge is 2.12. The molecule has 3 aromatic rings. The second-order valence-electron chi connectivity index (χ2n) is 6.13. The van der Waals surface area contributed by atoms with Crippen molar-refractivity contribution in [3.8, 4) is 5.75 Å². The summed E-state index contributed by atoms with van der Waals surface area (Å²) in [5.74, 6) is -1.86. The van der Waals surface area contributed by atoms with Gasteiger partial charge in [0, 0.05) is 14.6 Å². The lowest BCUT2D eigenvalue weighted by Crippen LogP contribution is -2.32. The molecule has 0 heterocycles. The normalized spacial score (nSPS) is 10.5. The fraction of sp³-hybridized carbons (Fsp3) is 0. The molecule has 0 saturated carbocycles. The Hall–Kier alpha value is -3.30. The first-order valence-corrected chi connectivity index (χ1v) is 10.5. The van der Waals surface area contributed by atoms with Gasteiger partial charge in [-0.05, 0) is 72.3 Å². The molecule has 0 aliphatic carbocycles. The van der Waals surface area contributed by atoms with Gasteiger partial charge in [-0.1, -0.05) is 37.9 Å². The third-order valence-corrected chi connectivity index (χ3v) is 4.86. The standard InChI is InChI=1S/C22H15Br2N3O4/c23-16-6-8-18(9-7-16)26-20(28)21(29)27-25-13-14-4-10-19(11-5-14)31-22(30)15-2-1-3-17(24)12-15/h1-13H,(H,26,28)(H,27,29)/b25-13-. The Bertz CT molecular complexity index is 1130. The number of hydrogen-bond donors (Lipinski definition) is 2. The van der Waals surface area contributed by atoms with E-state index in [0.717, 1.165) is 8.95 Å². The van der Waals surface area contributed by atoms with Gasteiger partial charge in [0.1, 0.15) is 5.75 Å². The number of esters is 1. The fourth-order valence-corrected chi connectivity index (χ4v) is 3.00. The number of ether oxygens (including phenoxy) is 1. The molecule has 0 saturated heterocycles. The number of rotatable bonds is 5. The van der Waals surface area contributed by atoms with E-state index in [1.54, 1.807) is 66.7 Å². The minimum absolute atomic E-state index is 0.361. The van der Waals surface area contributed by atoms with Crippen molar-refractivity contribution in [2.75, 3.05) is 5.32 Å². The van der Waals surface area contributed by atoms with Gasteiger partial charge in [-0.25, -0.2) is 10.2 Å². The van der Waals surface area contributed by atoms with Gasteiger partial charge < -0.3 is 10.1 Å². The van der Waals surface area contributed by atoms with Crippen LogP contribution in [-0.2, 0) is 9.59 Å². The van der Waals surface area contributed by atoms with Crippen molar-refractivity contribution >= 4 is 61.5 Å². The first-order chi connectivity index (χ1) is 14.9. The zero-order valence-electron chi connectivity index (χ0n) is 15.8. The van der Waals surface area contributed by atoms with Crippen molar-refractivity contribution in [1.82, 2.24) is 5.43 Å². The smallest absolute Gasteiger partial charge is 0.343 e. The Kier molecular flexibility index (Phi) is 7.69. The van der Waals surface area contributed by atoms with Gasteiger partial charge in [0.15, 0.2) is 0 Å². The van der Waals surface area contributed by atoms with Crippen molar-refractivity contribution in [3.63, 3.8) is 0 Å². The summed E-state index contributed by atoms with van der Waals surface area (Å²) in [6, 6.07) is 20.2. The number of benzene rings is 3. The van der Waals surface area contributed by atoms with Gasteiger partial charge >= 0.3 is 17.8 Å². The lowest BCUT2D eigenvalue weighted by atomic mass is 10.2. The van der Waals surface area contributed by atoms with Gasteiger partial charge in [-0.3, -0.25) is 9.59 Å². The van der Waals surface area contributed by atoms with Gasteiger partial charge in [0.25, 0.3) is 0 Å².